The number of hydrogen-bond donors (Lipinski definition) is 1. The summed E-state index contributed by atoms with van der Waals surface area (Å²) in [7, 11) is 0. The van der Waals surface area contributed by atoms with Gasteiger partial charge in [0.15, 0.2) is 11.6 Å². The van der Waals surface area contributed by atoms with Crippen LogP contribution < -0.4 is 0 Å². The van der Waals surface area contributed by atoms with Crippen molar-refractivity contribution in [1.29, 1.82) is 0 Å². The first-order valence-electron chi connectivity index (χ1n) is 7.01. The third kappa shape index (κ3) is 3.04. The molecule has 0 aliphatic carbocycles. The molecule has 1 aromatic carbocycles. The van der Waals surface area contributed by atoms with E-state index < -0.39 is 23.8 Å². The molecule has 1 amide bonds. The Bertz CT molecular complexity index is 757. The van der Waals surface area contributed by atoms with E-state index in [1.807, 2.05) is 0 Å². The van der Waals surface area contributed by atoms with E-state index in [9.17, 15) is 18.7 Å². The molecule has 1 aliphatic rings. The van der Waals surface area contributed by atoms with Gasteiger partial charge >= 0.3 is 0 Å². The second-order valence-electron chi connectivity index (χ2n) is 5.39. The van der Waals surface area contributed by atoms with Crippen LogP contribution >= 0.6 is 11.6 Å². The molecule has 1 aromatic heterocycles. The molecule has 2 atom stereocenters. The number of aromatic nitrogens is 1. The second kappa shape index (κ2) is 6.22. The van der Waals surface area contributed by atoms with Crippen molar-refractivity contribution in [3.63, 3.8) is 0 Å². The summed E-state index contributed by atoms with van der Waals surface area (Å²) >= 11 is 5.99. The standard InChI is InChI=1S/C16H13ClF2N2O2/c17-12-7-20-4-3-11(12)16(23)21-8-10(22)6-15(21)9-1-2-13(18)14(19)5-9/h1-5,7,10,15,22H,6,8H2/t10-,15+/m1/s1. The van der Waals surface area contributed by atoms with Crippen LogP contribution in [0.5, 0.6) is 0 Å². The van der Waals surface area contributed by atoms with Crippen molar-refractivity contribution in [1.82, 2.24) is 9.88 Å². The van der Waals surface area contributed by atoms with Crippen LogP contribution in [0.3, 0.4) is 0 Å². The number of amides is 1. The molecule has 0 saturated carbocycles. The molecule has 1 N–H and O–H groups in total. The maximum Gasteiger partial charge on any atom is 0.256 e. The predicted molar refractivity (Wildman–Crippen MR) is 80.0 cm³/mol. The Hall–Kier alpha value is -2.05. The van der Waals surface area contributed by atoms with Crippen molar-refractivity contribution in [2.75, 3.05) is 6.54 Å². The summed E-state index contributed by atoms with van der Waals surface area (Å²) in [5, 5.41) is 10.1. The molecular weight excluding hydrogens is 326 g/mol. The first-order chi connectivity index (χ1) is 11.0. The van der Waals surface area contributed by atoms with Gasteiger partial charge in [0.05, 0.1) is 22.7 Å². The Morgan fingerprint density at radius 1 is 1.30 bits per heavy atom. The Labute approximate surface area is 136 Å². The van der Waals surface area contributed by atoms with Gasteiger partial charge in [-0.15, -0.1) is 0 Å². The highest BCUT2D eigenvalue weighted by molar-refractivity contribution is 6.33. The molecule has 1 fully saturated rings. The summed E-state index contributed by atoms with van der Waals surface area (Å²) in [6, 6.07) is 4.41. The molecule has 2 heterocycles. The molecule has 120 valence electrons. The molecule has 2 aromatic rings. The fourth-order valence-corrected chi connectivity index (χ4v) is 2.98. The minimum atomic E-state index is -0.988. The number of halogens is 3. The number of aliphatic hydroxyl groups is 1. The minimum Gasteiger partial charge on any atom is -0.391 e. The van der Waals surface area contributed by atoms with Gasteiger partial charge in [0.25, 0.3) is 5.91 Å². The quantitative estimate of drug-likeness (QED) is 0.916. The number of pyridine rings is 1. The number of benzene rings is 1. The third-order valence-electron chi connectivity index (χ3n) is 3.87. The third-order valence-corrected chi connectivity index (χ3v) is 4.17. The van der Waals surface area contributed by atoms with E-state index in [4.69, 9.17) is 11.6 Å². The SMILES string of the molecule is O=C(c1ccncc1Cl)N1C[C@H](O)C[C@H]1c1ccc(F)c(F)c1. The van der Waals surface area contributed by atoms with Gasteiger partial charge in [0, 0.05) is 18.9 Å². The normalized spacial score (nSPS) is 20.8. The smallest absolute Gasteiger partial charge is 0.256 e. The number of aliphatic hydroxyl groups excluding tert-OH is 1. The first kappa shape index (κ1) is 15.8. The van der Waals surface area contributed by atoms with E-state index in [1.54, 1.807) is 0 Å². The van der Waals surface area contributed by atoms with Crippen molar-refractivity contribution < 1.29 is 18.7 Å². The zero-order valence-corrected chi connectivity index (χ0v) is 12.7. The van der Waals surface area contributed by atoms with E-state index in [1.165, 1.54) is 29.4 Å². The molecule has 3 rings (SSSR count). The zero-order valence-electron chi connectivity index (χ0n) is 11.9. The van der Waals surface area contributed by atoms with Crippen LogP contribution in [0, 0.1) is 11.6 Å². The van der Waals surface area contributed by atoms with Gasteiger partial charge in [0.2, 0.25) is 0 Å². The highest BCUT2D eigenvalue weighted by Gasteiger charge is 2.36. The molecule has 0 radical (unpaired) electrons. The van der Waals surface area contributed by atoms with Crippen molar-refractivity contribution in [3.05, 3.63) is 64.4 Å². The first-order valence-corrected chi connectivity index (χ1v) is 7.38. The lowest BCUT2D eigenvalue weighted by Crippen LogP contribution is -2.32. The van der Waals surface area contributed by atoms with Crippen LogP contribution in [0.4, 0.5) is 8.78 Å². The lowest BCUT2D eigenvalue weighted by atomic mass is 10.0. The van der Waals surface area contributed by atoms with E-state index in [2.05, 4.69) is 4.98 Å². The second-order valence-corrected chi connectivity index (χ2v) is 5.80. The van der Waals surface area contributed by atoms with Crippen LogP contribution in [0.25, 0.3) is 0 Å². The number of carbonyl (C=O) groups excluding carboxylic acids is 1. The number of carbonyl (C=O) groups is 1. The Morgan fingerprint density at radius 2 is 2.09 bits per heavy atom. The lowest BCUT2D eigenvalue weighted by molar-refractivity contribution is 0.0715. The van der Waals surface area contributed by atoms with E-state index in [0.29, 0.717) is 5.56 Å². The molecule has 4 nitrogen and oxygen atoms in total. The Balaban J connectivity index is 1.95. The molecule has 0 unspecified atom stereocenters. The summed E-state index contributed by atoms with van der Waals surface area (Å²) in [4.78, 5) is 17.9. The van der Waals surface area contributed by atoms with Crippen molar-refractivity contribution in [2.45, 2.75) is 18.6 Å². The molecule has 1 aliphatic heterocycles. The van der Waals surface area contributed by atoms with Crippen LogP contribution in [-0.4, -0.2) is 33.5 Å². The van der Waals surface area contributed by atoms with Crippen LogP contribution in [-0.2, 0) is 0 Å². The number of hydrogen-bond acceptors (Lipinski definition) is 3. The largest absolute Gasteiger partial charge is 0.391 e. The number of nitrogens with zero attached hydrogens (tertiary/aromatic N) is 2. The molecule has 0 bridgehead atoms. The fraction of sp³-hybridized carbons (Fsp3) is 0.250. The highest BCUT2D eigenvalue weighted by Crippen LogP contribution is 2.34. The maximum absolute atomic E-state index is 13.5. The van der Waals surface area contributed by atoms with Crippen LogP contribution in [0.15, 0.2) is 36.7 Å². The predicted octanol–water partition coefficient (Wildman–Crippen LogP) is 2.96. The van der Waals surface area contributed by atoms with E-state index in [0.717, 1.165) is 12.1 Å². The number of likely N-dealkylation sites (tertiary alicyclic amines) is 1. The van der Waals surface area contributed by atoms with Gasteiger partial charge in [-0.2, -0.15) is 0 Å². The van der Waals surface area contributed by atoms with Gasteiger partial charge in [-0.05, 0) is 30.2 Å². The van der Waals surface area contributed by atoms with Gasteiger partial charge in [-0.3, -0.25) is 9.78 Å². The van der Waals surface area contributed by atoms with Crippen molar-refractivity contribution >= 4 is 17.5 Å². The molecule has 23 heavy (non-hydrogen) atoms. The van der Waals surface area contributed by atoms with E-state index >= 15 is 0 Å². The summed E-state index contributed by atoms with van der Waals surface area (Å²) in [5.41, 5.74) is 0.683. The van der Waals surface area contributed by atoms with Gasteiger partial charge in [-0.1, -0.05) is 17.7 Å². The van der Waals surface area contributed by atoms with Crippen LogP contribution in [0.2, 0.25) is 5.02 Å². The summed E-state index contributed by atoms with van der Waals surface area (Å²) in [6.45, 7) is 0.0984. The zero-order chi connectivity index (χ0) is 16.6. The summed E-state index contributed by atoms with van der Waals surface area (Å²) < 4.78 is 26.6. The number of rotatable bonds is 2. The van der Waals surface area contributed by atoms with Crippen molar-refractivity contribution in [2.24, 2.45) is 0 Å². The topological polar surface area (TPSA) is 53.4 Å². The molecule has 7 heteroatoms. The fourth-order valence-electron chi connectivity index (χ4n) is 2.78. The monoisotopic (exact) mass is 338 g/mol. The number of β-amino-alcohol motifs (C(OH)–C–C–N with tert-alkyl or cyclic N) is 1. The Morgan fingerprint density at radius 3 is 2.78 bits per heavy atom. The molecular formula is C16H13ClF2N2O2. The van der Waals surface area contributed by atoms with Gasteiger partial charge in [-0.25, -0.2) is 8.78 Å². The maximum atomic E-state index is 13.5. The lowest BCUT2D eigenvalue weighted by Gasteiger charge is -2.25. The van der Waals surface area contributed by atoms with Crippen molar-refractivity contribution in [3.8, 4) is 0 Å². The van der Waals surface area contributed by atoms with E-state index in [-0.39, 0.29) is 29.5 Å². The minimum absolute atomic E-state index is 0.0984. The average molecular weight is 339 g/mol. The molecule has 0 spiro atoms. The molecule has 1 saturated heterocycles. The summed E-state index contributed by atoms with van der Waals surface area (Å²) in [5.74, 6) is -2.33. The average Bonchev–Trinajstić information content (AvgIpc) is 2.92. The summed E-state index contributed by atoms with van der Waals surface area (Å²) in [6.07, 6.45) is 2.31. The Kier molecular flexibility index (Phi) is 4.28. The van der Waals surface area contributed by atoms with Gasteiger partial charge in [0.1, 0.15) is 0 Å². The van der Waals surface area contributed by atoms with Gasteiger partial charge < -0.3 is 10.0 Å². The van der Waals surface area contributed by atoms with Crippen LogP contribution in [0.1, 0.15) is 28.4 Å². The highest BCUT2D eigenvalue weighted by atomic mass is 35.5.